The summed E-state index contributed by atoms with van der Waals surface area (Å²) in [4.78, 5) is 5.06. The number of hydrogen-bond donors (Lipinski definition) is 0. The third-order valence-electron chi connectivity index (χ3n) is 10.8. The van der Waals surface area contributed by atoms with Crippen molar-refractivity contribution in [3.8, 4) is 17.3 Å². The Morgan fingerprint density at radius 2 is 1.35 bits per heavy atom. The average Bonchev–Trinajstić information content (AvgIpc) is 3.35. The first-order valence-electron chi connectivity index (χ1n) is 15.7. The lowest BCUT2D eigenvalue weighted by Crippen LogP contribution is -2.56. The second-order valence-corrected chi connectivity index (χ2v) is 13.9. The number of ether oxygens (including phenoxy) is 1. The lowest BCUT2D eigenvalue weighted by molar-refractivity contribution is -0.0418. The van der Waals surface area contributed by atoms with Crippen molar-refractivity contribution in [2.75, 3.05) is 0 Å². The Kier molecular flexibility index (Phi) is 5.84. The summed E-state index contributed by atoms with van der Waals surface area (Å²) in [5, 5.41) is 2.43. The lowest BCUT2D eigenvalue weighted by Gasteiger charge is -2.62. The molecule has 2 aromatic heterocycles. The van der Waals surface area contributed by atoms with E-state index in [1.807, 2.05) is 24.3 Å². The van der Waals surface area contributed by atoms with E-state index in [2.05, 4.69) is 112 Å². The van der Waals surface area contributed by atoms with Gasteiger partial charge in [0.15, 0.2) is 0 Å². The molecule has 0 radical (unpaired) electrons. The van der Waals surface area contributed by atoms with Gasteiger partial charge in [-0.3, -0.25) is 4.57 Å². The van der Waals surface area contributed by atoms with E-state index in [0.717, 1.165) is 39.1 Å². The summed E-state index contributed by atoms with van der Waals surface area (Å²) in [7, 11) is 0. The van der Waals surface area contributed by atoms with Crippen LogP contribution in [0.25, 0.3) is 27.6 Å². The lowest BCUT2D eigenvalue weighted by atomic mass is 9.42. The summed E-state index contributed by atoms with van der Waals surface area (Å²) in [6, 6.07) is 39.3. The van der Waals surface area contributed by atoms with Gasteiger partial charge in [-0.2, -0.15) is 0 Å². The molecule has 4 aliphatic rings. The molecule has 4 heteroatoms. The highest BCUT2D eigenvalue weighted by atomic mass is 79.9. The molecule has 0 amide bonds. The summed E-state index contributed by atoms with van der Waals surface area (Å²) in [6.07, 6.45) is 8.92. The van der Waals surface area contributed by atoms with Gasteiger partial charge in [-0.15, -0.1) is 0 Å². The number of halogens is 1. The van der Waals surface area contributed by atoms with Gasteiger partial charge < -0.3 is 4.74 Å². The normalized spacial score (nSPS) is 25.9. The fourth-order valence-electron chi connectivity index (χ4n) is 9.48. The minimum atomic E-state index is 0.0418. The van der Waals surface area contributed by atoms with E-state index in [-0.39, 0.29) is 5.41 Å². The molecule has 10 rings (SSSR count). The summed E-state index contributed by atoms with van der Waals surface area (Å²) < 4.78 is 9.69. The van der Waals surface area contributed by atoms with E-state index in [0.29, 0.717) is 11.8 Å². The zero-order valence-electron chi connectivity index (χ0n) is 24.0. The summed E-state index contributed by atoms with van der Waals surface area (Å²) in [5.74, 6) is 5.78. The van der Waals surface area contributed by atoms with Crippen LogP contribution >= 0.6 is 15.9 Å². The maximum Gasteiger partial charge on any atom is 0.137 e. The van der Waals surface area contributed by atoms with Crippen molar-refractivity contribution in [3.63, 3.8) is 0 Å². The first kappa shape index (κ1) is 25.6. The smallest absolute Gasteiger partial charge is 0.137 e. The molecule has 0 N–H and O–H groups in total. The van der Waals surface area contributed by atoms with Crippen molar-refractivity contribution in [1.82, 2.24) is 9.55 Å². The Hall–Kier alpha value is -3.89. The summed E-state index contributed by atoms with van der Waals surface area (Å²) >= 11 is 3.57. The molecule has 3 nitrogen and oxygen atoms in total. The van der Waals surface area contributed by atoms with Gasteiger partial charge in [0.2, 0.25) is 0 Å². The highest BCUT2D eigenvalue weighted by molar-refractivity contribution is 9.10. The zero-order chi connectivity index (χ0) is 28.5. The van der Waals surface area contributed by atoms with Gasteiger partial charge in [0, 0.05) is 32.9 Å². The van der Waals surface area contributed by atoms with Gasteiger partial charge >= 0.3 is 0 Å². The van der Waals surface area contributed by atoms with Gasteiger partial charge in [0.25, 0.3) is 0 Å². The third-order valence-corrected chi connectivity index (χ3v) is 11.3. The van der Waals surface area contributed by atoms with Crippen LogP contribution in [0.4, 0.5) is 0 Å². The minimum Gasteiger partial charge on any atom is -0.457 e. The Bertz CT molecular complexity index is 1970. The molecule has 4 saturated carbocycles. The van der Waals surface area contributed by atoms with Crippen LogP contribution in [-0.4, -0.2) is 9.55 Å². The number of hydrogen-bond acceptors (Lipinski definition) is 2. The number of rotatable bonds is 5. The molecule has 0 atom stereocenters. The highest BCUT2D eigenvalue weighted by Crippen LogP contribution is 2.65. The van der Waals surface area contributed by atoms with E-state index >= 15 is 0 Å². The number of fused-ring (bicyclic) bond motifs is 3. The van der Waals surface area contributed by atoms with E-state index in [4.69, 9.17) is 9.72 Å². The average molecular weight is 626 g/mol. The number of pyridine rings is 1. The Labute approximate surface area is 260 Å². The van der Waals surface area contributed by atoms with Gasteiger partial charge in [-0.05, 0) is 115 Å². The third kappa shape index (κ3) is 3.95. The Morgan fingerprint density at radius 1 is 0.628 bits per heavy atom. The van der Waals surface area contributed by atoms with Gasteiger partial charge in [-0.1, -0.05) is 70.5 Å². The molecule has 0 saturated heterocycles. The maximum absolute atomic E-state index is 6.35. The van der Waals surface area contributed by atoms with Crippen molar-refractivity contribution in [2.24, 2.45) is 23.7 Å². The molecule has 4 aliphatic carbocycles. The monoisotopic (exact) mass is 624 g/mol. The molecule has 43 heavy (non-hydrogen) atoms. The zero-order valence-corrected chi connectivity index (χ0v) is 25.6. The standard InChI is InChI=1S/C39H33BrN2O/c40-31-9-6-10-32(23-31)43-33-13-14-35-34-11-4-5-12-36(34)42(37(35)24-33)38-22-28(15-16-41-38)39(27-7-2-1-3-8-27)29-18-25-17-26(20-29)21-30(39)19-25/h1-16,22-26,29-30H,17-21H2. The number of para-hydroxylation sites is 1. The maximum atomic E-state index is 6.35. The van der Waals surface area contributed by atoms with Gasteiger partial charge in [-0.25, -0.2) is 4.98 Å². The Balaban J connectivity index is 1.23. The van der Waals surface area contributed by atoms with Crippen LogP contribution < -0.4 is 4.74 Å². The fraction of sp³-hybridized carbons (Fsp3) is 0.256. The molecule has 0 unspecified atom stereocenters. The van der Waals surface area contributed by atoms with Crippen molar-refractivity contribution in [2.45, 2.75) is 37.5 Å². The van der Waals surface area contributed by atoms with E-state index in [1.54, 1.807) is 0 Å². The molecule has 4 fully saturated rings. The molecule has 0 spiro atoms. The molecule has 0 aliphatic heterocycles. The van der Waals surface area contributed by atoms with Crippen molar-refractivity contribution in [1.29, 1.82) is 0 Å². The van der Waals surface area contributed by atoms with Crippen LogP contribution in [0.1, 0.15) is 43.2 Å². The largest absolute Gasteiger partial charge is 0.457 e. The molecule has 4 aromatic carbocycles. The molecule has 212 valence electrons. The fourth-order valence-corrected chi connectivity index (χ4v) is 9.85. The van der Waals surface area contributed by atoms with Crippen LogP contribution in [-0.2, 0) is 5.41 Å². The van der Waals surface area contributed by atoms with E-state index in [9.17, 15) is 0 Å². The first-order chi connectivity index (χ1) is 21.2. The van der Waals surface area contributed by atoms with Crippen LogP contribution in [0.2, 0.25) is 0 Å². The van der Waals surface area contributed by atoms with Gasteiger partial charge in [0.05, 0.1) is 11.0 Å². The van der Waals surface area contributed by atoms with Crippen molar-refractivity contribution in [3.05, 3.63) is 131 Å². The minimum absolute atomic E-state index is 0.0418. The molecule has 6 aromatic rings. The predicted molar refractivity (Wildman–Crippen MR) is 177 cm³/mol. The molecular formula is C39H33BrN2O. The molecule has 2 heterocycles. The second kappa shape index (κ2) is 9.82. The predicted octanol–water partition coefficient (Wildman–Crippen LogP) is 10.5. The molecular weight excluding hydrogens is 592 g/mol. The number of benzene rings is 4. The number of aromatic nitrogens is 2. The van der Waals surface area contributed by atoms with Crippen LogP contribution in [0.3, 0.4) is 0 Å². The van der Waals surface area contributed by atoms with E-state index < -0.39 is 0 Å². The highest BCUT2D eigenvalue weighted by Gasteiger charge is 2.58. The van der Waals surface area contributed by atoms with Crippen LogP contribution in [0.5, 0.6) is 11.5 Å². The summed E-state index contributed by atoms with van der Waals surface area (Å²) in [6.45, 7) is 0. The molecule has 4 bridgehead atoms. The van der Waals surface area contributed by atoms with Crippen molar-refractivity contribution >= 4 is 37.7 Å². The van der Waals surface area contributed by atoms with E-state index in [1.165, 1.54) is 59.5 Å². The number of nitrogens with zero attached hydrogens (tertiary/aromatic N) is 2. The van der Waals surface area contributed by atoms with Crippen LogP contribution in [0.15, 0.2) is 120 Å². The summed E-state index contributed by atoms with van der Waals surface area (Å²) in [5.41, 5.74) is 5.25. The quantitative estimate of drug-likeness (QED) is 0.191. The van der Waals surface area contributed by atoms with Crippen LogP contribution in [0, 0.1) is 23.7 Å². The topological polar surface area (TPSA) is 27.1 Å². The second-order valence-electron chi connectivity index (χ2n) is 13.0. The SMILES string of the molecule is Brc1cccc(Oc2ccc3c4ccccc4n(-c4cc(C5(c6ccccc6)C6CC7CC(C6)CC5C7)ccn4)c3c2)c1. The van der Waals surface area contributed by atoms with Gasteiger partial charge in [0.1, 0.15) is 17.3 Å². The van der Waals surface area contributed by atoms with Crippen molar-refractivity contribution < 1.29 is 4.74 Å². The first-order valence-corrected chi connectivity index (χ1v) is 16.4. The Morgan fingerprint density at radius 3 is 2.14 bits per heavy atom.